The lowest BCUT2D eigenvalue weighted by molar-refractivity contribution is -0.176. The van der Waals surface area contributed by atoms with Gasteiger partial charge >= 0.3 is 5.69 Å². The molecule has 10 heteroatoms. The second-order valence-corrected chi connectivity index (χ2v) is 11.2. The number of hydrogen-bond donors (Lipinski definition) is 2. The van der Waals surface area contributed by atoms with Gasteiger partial charge in [-0.25, -0.2) is 4.79 Å². The Morgan fingerprint density at radius 3 is 2.09 bits per heavy atom. The molecule has 6 rings (SSSR count). The Labute approximate surface area is 250 Å². The molecular formula is C33H36N4O6. The molecule has 10 nitrogen and oxygen atoms in total. The number of fused-ring (bicyclic) bond motifs is 2. The Bertz CT molecular complexity index is 1600. The lowest BCUT2D eigenvalue weighted by Crippen LogP contribution is -2.50. The summed E-state index contributed by atoms with van der Waals surface area (Å²) in [7, 11) is 5.17. The smallest absolute Gasteiger partial charge is 0.351 e. The van der Waals surface area contributed by atoms with Crippen LogP contribution >= 0.6 is 0 Å². The third kappa shape index (κ3) is 4.76. The molecule has 2 aliphatic rings. The quantitative estimate of drug-likeness (QED) is 0.286. The van der Waals surface area contributed by atoms with E-state index in [1.165, 1.54) is 4.57 Å². The topological polar surface area (TPSA) is 121 Å². The number of nitrogen functional groups attached to an aromatic ring is 1. The number of nitrogens with zero attached hydrogens (tertiary/aromatic N) is 3. The van der Waals surface area contributed by atoms with Crippen LogP contribution in [0.1, 0.15) is 28.5 Å². The molecule has 0 unspecified atom stereocenters. The Kier molecular flexibility index (Phi) is 7.47. The Morgan fingerprint density at radius 2 is 1.53 bits per heavy atom. The van der Waals surface area contributed by atoms with Gasteiger partial charge in [-0.2, -0.15) is 4.98 Å². The first-order valence-electron chi connectivity index (χ1n) is 14.1. The van der Waals surface area contributed by atoms with Gasteiger partial charge in [-0.15, -0.1) is 0 Å². The lowest BCUT2D eigenvalue weighted by atomic mass is 9.79. The molecule has 2 aliphatic heterocycles. The summed E-state index contributed by atoms with van der Waals surface area (Å²) in [4.78, 5) is 18.9. The van der Waals surface area contributed by atoms with Crippen LogP contribution < -0.4 is 20.9 Å². The van der Waals surface area contributed by atoms with Crippen LogP contribution in [0, 0.1) is 6.92 Å². The number of benzene rings is 3. The van der Waals surface area contributed by atoms with Crippen molar-refractivity contribution in [2.45, 2.75) is 36.5 Å². The summed E-state index contributed by atoms with van der Waals surface area (Å²) in [6, 6.07) is 25.0. The van der Waals surface area contributed by atoms with E-state index in [0.29, 0.717) is 12.1 Å². The Morgan fingerprint density at radius 1 is 0.977 bits per heavy atom. The fourth-order valence-electron chi connectivity index (χ4n) is 6.42. The molecule has 43 heavy (non-hydrogen) atoms. The minimum Gasteiger partial charge on any atom is -0.497 e. The highest BCUT2D eigenvalue weighted by atomic mass is 16.6. The van der Waals surface area contributed by atoms with E-state index in [4.69, 9.17) is 24.7 Å². The number of hydrogen-bond acceptors (Lipinski definition) is 9. The minimum atomic E-state index is -1.13. The maximum absolute atomic E-state index is 12.9. The summed E-state index contributed by atoms with van der Waals surface area (Å²) < 4.78 is 26.0. The lowest BCUT2D eigenvalue weighted by Gasteiger charge is -2.41. The van der Waals surface area contributed by atoms with E-state index in [0.717, 1.165) is 28.2 Å². The van der Waals surface area contributed by atoms with Crippen LogP contribution in [0.15, 0.2) is 89.9 Å². The van der Waals surface area contributed by atoms with Gasteiger partial charge in [-0.05, 0) is 54.9 Å². The van der Waals surface area contributed by atoms with E-state index < -0.39 is 35.3 Å². The number of likely N-dealkylation sites (tertiary alicyclic amines) is 1. The predicted octanol–water partition coefficient (Wildman–Crippen LogP) is 3.10. The maximum Gasteiger partial charge on any atom is 0.351 e. The molecule has 2 saturated heterocycles. The zero-order valence-electron chi connectivity index (χ0n) is 24.6. The van der Waals surface area contributed by atoms with Crippen molar-refractivity contribution in [1.29, 1.82) is 0 Å². The molecule has 3 heterocycles. The van der Waals surface area contributed by atoms with E-state index in [1.807, 2.05) is 90.8 Å². The average molecular weight is 585 g/mol. The third-order valence-corrected chi connectivity index (χ3v) is 8.69. The van der Waals surface area contributed by atoms with Gasteiger partial charge < -0.3 is 29.8 Å². The maximum atomic E-state index is 12.9. The summed E-state index contributed by atoms with van der Waals surface area (Å²) in [5, 5.41) is 11.7. The van der Waals surface area contributed by atoms with Crippen molar-refractivity contribution in [2.75, 3.05) is 40.2 Å². The first-order valence-corrected chi connectivity index (χ1v) is 14.1. The second kappa shape index (κ2) is 11.1. The van der Waals surface area contributed by atoms with Crippen molar-refractivity contribution in [3.63, 3.8) is 0 Å². The third-order valence-electron chi connectivity index (χ3n) is 8.69. The molecule has 2 bridgehead atoms. The van der Waals surface area contributed by atoms with Crippen molar-refractivity contribution in [3.05, 3.63) is 118 Å². The largest absolute Gasteiger partial charge is 0.497 e. The number of methoxy groups -OCH3 is 2. The first kappa shape index (κ1) is 28.9. The van der Waals surface area contributed by atoms with E-state index in [9.17, 15) is 9.90 Å². The van der Waals surface area contributed by atoms with Gasteiger partial charge in [0.05, 0.1) is 26.9 Å². The number of aliphatic hydroxyl groups excluding tert-OH is 1. The molecule has 0 radical (unpaired) electrons. The number of aryl methyl sites for hydroxylation is 1. The molecule has 2 fully saturated rings. The number of aliphatic hydroxyl groups is 1. The van der Waals surface area contributed by atoms with E-state index in [-0.39, 0.29) is 12.4 Å². The van der Waals surface area contributed by atoms with E-state index in [1.54, 1.807) is 27.3 Å². The van der Waals surface area contributed by atoms with Crippen LogP contribution in [0.3, 0.4) is 0 Å². The van der Waals surface area contributed by atoms with E-state index in [2.05, 4.69) is 4.98 Å². The standard InChI is InChI=1S/C33H36N4O6/c1-21-18-37(31(39)35-29(21)34)30-27-28(38)32(43-30,19-36(27)2)20-42-33(22-8-6-5-7-9-22,23-10-14-25(40-3)15-11-23)24-12-16-26(41-4)17-13-24/h5-18,27-28,30,38H,19-20H2,1-4H3,(H2,34,35,39)/t27-,28+,30-,32-/m1/s1. The van der Waals surface area contributed by atoms with Crippen molar-refractivity contribution in [3.8, 4) is 11.5 Å². The highest BCUT2D eigenvalue weighted by molar-refractivity contribution is 5.50. The van der Waals surface area contributed by atoms with Gasteiger partial charge in [-0.1, -0.05) is 54.6 Å². The molecule has 4 aromatic rings. The zero-order valence-corrected chi connectivity index (χ0v) is 24.6. The molecule has 224 valence electrons. The summed E-state index contributed by atoms with van der Waals surface area (Å²) in [6.07, 6.45) is -0.0778. The molecule has 3 aromatic carbocycles. The predicted molar refractivity (Wildman–Crippen MR) is 161 cm³/mol. The minimum absolute atomic E-state index is 0.0224. The van der Waals surface area contributed by atoms with Gasteiger partial charge in [0, 0.05) is 18.3 Å². The number of rotatable bonds is 9. The Balaban J connectivity index is 1.45. The van der Waals surface area contributed by atoms with Crippen molar-refractivity contribution >= 4 is 5.82 Å². The molecule has 1 aromatic heterocycles. The van der Waals surface area contributed by atoms with Crippen LogP contribution in [0.2, 0.25) is 0 Å². The van der Waals surface area contributed by atoms with Crippen molar-refractivity contribution < 1.29 is 24.1 Å². The highest BCUT2D eigenvalue weighted by Gasteiger charge is 2.64. The van der Waals surface area contributed by atoms with Crippen LogP contribution in [-0.4, -0.2) is 71.7 Å². The van der Waals surface area contributed by atoms with Crippen LogP contribution in [-0.2, 0) is 15.1 Å². The number of aromatic nitrogens is 2. The Hall–Kier alpha value is -4.22. The van der Waals surface area contributed by atoms with Gasteiger partial charge in [0.25, 0.3) is 0 Å². The SMILES string of the molecule is COc1ccc(C(OC[C@@]23CN(C)[C@@H]([C@H](n4cc(C)c(N)nc4=O)O2)[C@@H]3O)(c2ccccc2)c2ccc(OC)cc2)cc1. The van der Waals surface area contributed by atoms with E-state index >= 15 is 0 Å². The van der Waals surface area contributed by atoms with Crippen LogP contribution in [0.25, 0.3) is 0 Å². The van der Waals surface area contributed by atoms with Gasteiger partial charge in [0.15, 0.2) is 6.23 Å². The zero-order chi connectivity index (χ0) is 30.4. The molecule has 0 spiro atoms. The van der Waals surface area contributed by atoms with Gasteiger partial charge in [-0.3, -0.25) is 9.47 Å². The molecule has 0 aliphatic carbocycles. The summed E-state index contributed by atoms with van der Waals surface area (Å²) in [5.41, 5.74) is 6.39. The first-order chi connectivity index (χ1) is 20.7. The highest BCUT2D eigenvalue weighted by Crippen LogP contribution is 2.48. The molecule has 0 saturated carbocycles. The molecule has 0 amide bonds. The van der Waals surface area contributed by atoms with Gasteiger partial charge in [0.1, 0.15) is 34.6 Å². The normalized spacial score (nSPS) is 23.4. The monoisotopic (exact) mass is 584 g/mol. The summed E-state index contributed by atoms with van der Waals surface area (Å²) in [5.74, 6) is 1.60. The number of likely N-dealkylation sites (N-methyl/N-ethyl adjacent to an activating group) is 1. The van der Waals surface area contributed by atoms with Crippen LogP contribution in [0.5, 0.6) is 11.5 Å². The second-order valence-electron chi connectivity index (χ2n) is 11.2. The average Bonchev–Trinajstić information content (AvgIpc) is 3.45. The van der Waals surface area contributed by atoms with Crippen LogP contribution in [0.4, 0.5) is 5.82 Å². The molecule has 3 N–H and O–H groups in total. The number of anilines is 1. The van der Waals surface area contributed by atoms with Gasteiger partial charge in [0.2, 0.25) is 0 Å². The summed E-state index contributed by atoms with van der Waals surface area (Å²) in [6.45, 7) is 2.21. The van der Waals surface area contributed by atoms with Crippen molar-refractivity contribution in [2.24, 2.45) is 0 Å². The van der Waals surface area contributed by atoms with Crippen molar-refractivity contribution in [1.82, 2.24) is 14.5 Å². The summed E-state index contributed by atoms with van der Waals surface area (Å²) >= 11 is 0. The molecule has 4 atom stereocenters. The number of nitrogens with two attached hydrogens (primary N) is 1. The number of ether oxygens (including phenoxy) is 4. The fourth-order valence-corrected chi connectivity index (χ4v) is 6.42. The number of morpholine rings is 1. The molecular weight excluding hydrogens is 548 g/mol. The fraction of sp³-hybridized carbons (Fsp3) is 0.333.